The molecule has 0 saturated carbocycles. The number of hydrogen-bond acceptors (Lipinski definition) is 7. The second-order valence-electron chi connectivity index (χ2n) is 7.55. The summed E-state index contributed by atoms with van der Waals surface area (Å²) in [5.74, 6) is 0.265. The van der Waals surface area contributed by atoms with Crippen molar-refractivity contribution in [1.82, 2.24) is 4.57 Å². The number of hydrogen-bond donors (Lipinski definition) is 0. The third-order valence-corrected chi connectivity index (χ3v) is 6.71. The van der Waals surface area contributed by atoms with E-state index in [0.29, 0.717) is 27.2 Å². The summed E-state index contributed by atoms with van der Waals surface area (Å²) in [6.45, 7) is 7.87. The van der Waals surface area contributed by atoms with Gasteiger partial charge in [0.15, 0.2) is 4.80 Å². The number of fused-ring (bicyclic) bond motifs is 1. The van der Waals surface area contributed by atoms with Crippen LogP contribution in [0.1, 0.15) is 44.2 Å². The number of aromatic nitrogens is 1. The zero-order valence-corrected chi connectivity index (χ0v) is 20.0. The summed E-state index contributed by atoms with van der Waals surface area (Å²) >= 11 is 2.89. The first-order chi connectivity index (χ1) is 15.4. The number of benzene rings is 1. The Morgan fingerprint density at radius 2 is 2.00 bits per heavy atom. The van der Waals surface area contributed by atoms with Gasteiger partial charge in [-0.25, -0.2) is 9.79 Å². The molecule has 0 bridgehead atoms. The zero-order chi connectivity index (χ0) is 22.8. The zero-order valence-electron chi connectivity index (χ0n) is 18.3. The predicted molar refractivity (Wildman–Crippen MR) is 127 cm³/mol. The largest absolute Gasteiger partial charge is 0.494 e. The number of thiazole rings is 1. The number of allylic oxidation sites excluding steroid dienone is 1. The highest BCUT2D eigenvalue weighted by molar-refractivity contribution is 7.11. The Labute approximate surface area is 193 Å². The molecule has 8 heteroatoms. The van der Waals surface area contributed by atoms with Gasteiger partial charge in [-0.3, -0.25) is 9.36 Å². The van der Waals surface area contributed by atoms with Crippen LogP contribution in [-0.4, -0.2) is 23.2 Å². The average Bonchev–Trinajstić information content (AvgIpc) is 3.36. The minimum atomic E-state index is -0.626. The van der Waals surface area contributed by atoms with Crippen LogP contribution < -0.4 is 19.6 Å². The molecule has 0 amide bonds. The Kier molecular flexibility index (Phi) is 6.43. The fourth-order valence-electron chi connectivity index (χ4n) is 3.59. The molecule has 0 aliphatic carbocycles. The third kappa shape index (κ3) is 4.33. The van der Waals surface area contributed by atoms with Crippen LogP contribution in [0.4, 0.5) is 0 Å². The summed E-state index contributed by atoms with van der Waals surface area (Å²) < 4.78 is 13.3. The maximum absolute atomic E-state index is 13.5. The van der Waals surface area contributed by atoms with Gasteiger partial charge in [-0.05, 0) is 62.9 Å². The maximum atomic E-state index is 13.5. The van der Waals surface area contributed by atoms with Crippen molar-refractivity contribution in [3.05, 3.63) is 83.2 Å². The van der Waals surface area contributed by atoms with Crippen LogP contribution in [0.15, 0.2) is 62.8 Å². The number of thiophene rings is 1. The van der Waals surface area contributed by atoms with Gasteiger partial charge in [-0.15, -0.1) is 11.3 Å². The molecule has 2 aromatic heterocycles. The highest BCUT2D eigenvalue weighted by Crippen LogP contribution is 2.32. The lowest BCUT2D eigenvalue weighted by molar-refractivity contribution is -0.143. The van der Waals surface area contributed by atoms with E-state index in [9.17, 15) is 9.59 Å². The molecule has 0 N–H and O–H groups in total. The molecule has 0 saturated heterocycles. The van der Waals surface area contributed by atoms with Gasteiger partial charge in [0, 0.05) is 4.88 Å². The first-order valence-corrected chi connectivity index (χ1v) is 12.1. The highest BCUT2D eigenvalue weighted by Gasteiger charge is 2.33. The van der Waals surface area contributed by atoms with Crippen LogP contribution in [0.5, 0.6) is 5.75 Å². The first-order valence-electron chi connectivity index (χ1n) is 10.4. The minimum absolute atomic E-state index is 0.177. The molecule has 0 unspecified atom stereocenters. The van der Waals surface area contributed by atoms with Crippen LogP contribution in [-0.2, 0) is 9.53 Å². The van der Waals surface area contributed by atoms with Gasteiger partial charge < -0.3 is 9.47 Å². The molecule has 4 rings (SSSR count). The van der Waals surface area contributed by atoms with Crippen LogP contribution in [0.25, 0.3) is 6.08 Å². The number of nitrogens with zero attached hydrogens (tertiary/aromatic N) is 2. The Morgan fingerprint density at radius 1 is 1.25 bits per heavy atom. The molecule has 1 atom stereocenters. The smallest absolute Gasteiger partial charge is 0.338 e. The second-order valence-corrected chi connectivity index (χ2v) is 9.54. The van der Waals surface area contributed by atoms with Crippen molar-refractivity contribution in [3.8, 4) is 5.75 Å². The van der Waals surface area contributed by atoms with Crippen LogP contribution in [0, 0.1) is 0 Å². The lowest BCUT2D eigenvalue weighted by Crippen LogP contribution is -2.40. The van der Waals surface area contributed by atoms with E-state index in [1.807, 2.05) is 54.8 Å². The Hall–Kier alpha value is -2.97. The Morgan fingerprint density at radius 3 is 2.62 bits per heavy atom. The Bertz CT molecular complexity index is 1330. The van der Waals surface area contributed by atoms with E-state index in [2.05, 4.69) is 4.99 Å². The van der Waals surface area contributed by atoms with Crippen molar-refractivity contribution in [3.63, 3.8) is 0 Å². The summed E-state index contributed by atoms with van der Waals surface area (Å²) in [5.41, 5.74) is 1.54. The van der Waals surface area contributed by atoms with Crippen molar-refractivity contribution >= 4 is 34.7 Å². The van der Waals surface area contributed by atoms with Gasteiger partial charge in [0.2, 0.25) is 0 Å². The predicted octanol–water partition coefficient (Wildman–Crippen LogP) is 3.65. The quantitative estimate of drug-likeness (QED) is 0.518. The van der Waals surface area contributed by atoms with Crippen LogP contribution in [0.3, 0.4) is 0 Å². The number of ether oxygens (including phenoxy) is 2. The molecule has 3 aromatic rings. The molecule has 6 nitrogen and oxygen atoms in total. The van der Waals surface area contributed by atoms with Crippen molar-refractivity contribution in [2.45, 2.75) is 39.8 Å². The molecule has 1 aliphatic rings. The van der Waals surface area contributed by atoms with Gasteiger partial charge in [-0.1, -0.05) is 29.5 Å². The number of esters is 1. The fraction of sp³-hybridized carbons (Fsp3) is 0.292. The molecule has 0 fully saturated rings. The monoisotopic (exact) mass is 468 g/mol. The van der Waals surface area contributed by atoms with Gasteiger partial charge >= 0.3 is 5.97 Å². The lowest BCUT2D eigenvalue weighted by atomic mass is 9.96. The van der Waals surface area contributed by atoms with E-state index in [-0.39, 0.29) is 11.7 Å². The SMILES string of the molecule is CCOc1ccc([C@H]2C(C(=O)OC(C)C)=C(C)N=c3sc(=Cc4cccs4)c(=O)n32)cc1. The van der Waals surface area contributed by atoms with Crippen LogP contribution in [0.2, 0.25) is 0 Å². The molecule has 0 spiro atoms. The first kappa shape index (κ1) is 22.2. The topological polar surface area (TPSA) is 69.9 Å². The van der Waals surface area contributed by atoms with E-state index >= 15 is 0 Å². The van der Waals surface area contributed by atoms with Crippen molar-refractivity contribution in [2.75, 3.05) is 6.61 Å². The van der Waals surface area contributed by atoms with E-state index in [1.165, 1.54) is 11.3 Å². The molecular formula is C24H24N2O4S2. The van der Waals surface area contributed by atoms with Crippen molar-refractivity contribution in [2.24, 2.45) is 4.99 Å². The molecule has 0 radical (unpaired) electrons. The molecule has 3 heterocycles. The van der Waals surface area contributed by atoms with Crippen molar-refractivity contribution < 1.29 is 14.3 Å². The maximum Gasteiger partial charge on any atom is 0.338 e. The number of rotatable bonds is 6. The highest BCUT2D eigenvalue weighted by atomic mass is 32.1. The molecule has 166 valence electrons. The summed E-state index contributed by atoms with van der Waals surface area (Å²) in [4.78, 5) is 32.7. The van der Waals surface area contributed by atoms with Gasteiger partial charge in [0.1, 0.15) is 5.75 Å². The fourth-order valence-corrected chi connectivity index (χ4v) is 5.36. The molecule has 1 aliphatic heterocycles. The summed E-state index contributed by atoms with van der Waals surface area (Å²) in [5, 5.41) is 1.97. The number of carbonyl (C=O) groups is 1. The summed E-state index contributed by atoms with van der Waals surface area (Å²) in [6.07, 6.45) is 1.59. The third-order valence-electron chi connectivity index (χ3n) is 4.91. The second kappa shape index (κ2) is 9.26. The molecular weight excluding hydrogens is 444 g/mol. The standard InChI is InChI=1S/C24H24N2O4S2/c1-5-29-17-10-8-16(9-11-17)21-20(23(28)30-14(2)3)15(4)25-24-26(21)22(27)19(32-24)13-18-7-6-12-31-18/h6-14,21H,5H2,1-4H3/t21-/m0/s1. The minimum Gasteiger partial charge on any atom is -0.494 e. The number of carbonyl (C=O) groups excluding carboxylic acids is 1. The van der Waals surface area contributed by atoms with Crippen molar-refractivity contribution in [1.29, 1.82) is 0 Å². The summed E-state index contributed by atoms with van der Waals surface area (Å²) in [6, 6.07) is 10.7. The van der Waals surface area contributed by atoms with E-state index in [4.69, 9.17) is 9.47 Å². The lowest BCUT2D eigenvalue weighted by Gasteiger charge is -2.25. The van der Waals surface area contributed by atoms with Gasteiger partial charge in [0.05, 0.1) is 34.6 Å². The average molecular weight is 469 g/mol. The van der Waals surface area contributed by atoms with E-state index < -0.39 is 12.0 Å². The van der Waals surface area contributed by atoms with E-state index in [1.54, 1.807) is 36.7 Å². The van der Waals surface area contributed by atoms with Gasteiger partial charge in [0.25, 0.3) is 5.56 Å². The molecule has 32 heavy (non-hydrogen) atoms. The van der Waals surface area contributed by atoms with Gasteiger partial charge in [-0.2, -0.15) is 0 Å². The Balaban J connectivity index is 1.91. The summed E-state index contributed by atoms with van der Waals surface area (Å²) in [7, 11) is 0. The van der Waals surface area contributed by atoms with E-state index in [0.717, 1.165) is 16.2 Å². The van der Waals surface area contributed by atoms with Crippen LogP contribution >= 0.6 is 22.7 Å². The normalized spacial score (nSPS) is 16.2. The molecule has 1 aromatic carbocycles.